The lowest BCUT2D eigenvalue weighted by atomic mass is 9.86. The molecule has 1 N–H and O–H groups in total. The van der Waals surface area contributed by atoms with Gasteiger partial charge in [0.1, 0.15) is 11.6 Å². The Morgan fingerprint density at radius 3 is 2.52 bits per heavy atom. The van der Waals surface area contributed by atoms with E-state index in [-0.39, 0.29) is 17.5 Å². The highest BCUT2D eigenvalue weighted by Gasteiger charge is 2.24. The Morgan fingerprint density at radius 2 is 1.92 bits per heavy atom. The smallest absolute Gasteiger partial charge is 0.262 e. The molecule has 1 aliphatic rings. The van der Waals surface area contributed by atoms with Gasteiger partial charge >= 0.3 is 0 Å². The first-order chi connectivity index (χ1) is 12.0. The molecule has 25 heavy (non-hydrogen) atoms. The Kier molecular flexibility index (Phi) is 6.72. The Balaban J connectivity index is 2.24. The lowest BCUT2D eigenvalue weighted by Gasteiger charge is -2.29. The first kappa shape index (κ1) is 19.1. The first-order valence-corrected chi connectivity index (χ1v) is 8.72. The van der Waals surface area contributed by atoms with Gasteiger partial charge in [-0.2, -0.15) is 5.26 Å². The predicted octanol–water partition coefficient (Wildman–Crippen LogP) is 3.96. The van der Waals surface area contributed by atoms with Gasteiger partial charge in [0.2, 0.25) is 0 Å². The SMILES string of the molecule is COc1cc(Cl)c(/C=C(\C#N)C(=O)N[C@@H]2CCCC[C@@H]2C)cc1OC. The second-order valence-electron chi connectivity index (χ2n) is 6.24. The van der Waals surface area contributed by atoms with Crippen molar-refractivity contribution in [2.24, 2.45) is 5.92 Å². The van der Waals surface area contributed by atoms with Crippen LogP contribution in [0.1, 0.15) is 38.2 Å². The van der Waals surface area contributed by atoms with Crippen molar-refractivity contribution in [2.45, 2.75) is 38.6 Å². The number of hydrogen-bond donors (Lipinski definition) is 1. The van der Waals surface area contributed by atoms with Gasteiger partial charge in [-0.15, -0.1) is 0 Å². The van der Waals surface area contributed by atoms with E-state index >= 15 is 0 Å². The summed E-state index contributed by atoms with van der Waals surface area (Å²) in [5.41, 5.74) is 0.551. The summed E-state index contributed by atoms with van der Waals surface area (Å²) in [6, 6.07) is 5.32. The van der Waals surface area contributed by atoms with Gasteiger partial charge in [0.25, 0.3) is 5.91 Å². The quantitative estimate of drug-likeness (QED) is 0.635. The van der Waals surface area contributed by atoms with Gasteiger partial charge in [-0.05, 0) is 36.5 Å². The van der Waals surface area contributed by atoms with E-state index < -0.39 is 0 Å². The van der Waals surface area contributed by atoms with Crippen molar-refractivity contribution in [1.82, 2.24) is 5.32 Å². The molecule has 0 unspecified atom stereocenters. The monoisotopic (exact) mass is 362 g/mol. The lowest BCUT2D eigenvalue weighted by Crippen LogP contribution is -2.41. The molecule has 1 saturated carbocycles. The maximum atomic E-state index is 12.5. The number of nitriles is 1. The topological polar surface area (TPSA) is 71.3 Å². The molecule has 1 amide bonds. The fraction of sp³-hybridized carbons (Fsp3) is 0.474. The Morgan fingerprint density at radius 1 is 1.28 bits per heavy atom. The number of methoxy groups -OCH3 is 2. The normalized spacial score (nSPS) is 20.5. The molecular weight excluding hydrogens is 340 g/mol. The average molecular weight is 363 g/mol. The molecule has 0 saturated heterocycles. The molecule has 1 fully saturated rings. The zero-order valence-corrected chi connectivity index (χ0v) is 15.5. The molecule has 6 heteroatoms. The maximum Gasteiger partial charge on any atom is 0.262 e. The largest absolute Gasteiger partial charge is 0.493 e. The molecule has 0 aliphatic heterocycles. The van der Waals surface area contributed by atoms with E-state index in [4.69, 9.17) is 21.1 Å². The number of nitrogens with zero attached hydrogens (tertiary/aromatic N) is 1. The van der Waals surface area contributed by atoms with E-state index in [1.165, 1.54) is 26.7 Å². The van der Waals surface area contributed by atoms with E-state index in [1.54, 1.807) is 12.1 Å². The molecule has 5 nitrogen and oxygen atoms in total. The summed E-state index contributed by atoms with van der Waals surface area (Å²) >= 11 is 6.24. The van der Waals surface area contributed by atoms with Crippen LogP contribution in [0.2, 0.25) is 5.02 Å². The van der Waals surface area contributed by atoms with Gasteiger partial charge in [0.05, 0.1) is 19.2 Å². The van der Waals surface area contributed by atoms with Crippen LogP contribution in [0.5, 0.6) is 11.5 Å². The standard InChI is InChI=1S/C19H23ClN2O3/c1-12-6-4-5-7-16(12)22-19(23)14(11-21)8-13-9-17(24-2)18(25-3)10-15(13)20/h8-10,12,16H,4-7H2,1-3H3,(H,22,23)/b14-8+/t12-,16+/m0/s1. The van der Waals surface area contributed by atoms with Gasteiger partial charge < -0.3 is 14.8 Å². The fourth-order valence-corrected chi connectivity index (χ4v) is 3.27. The molecular formula is C19H23ClN2O3. The van der Waals surface area contributed by atoms with E-state index in [2.05, 4.69) is 12.2 Å². The third-order valence-corrected chi connectivity index (χ3v) is 4.92. The average Bonchev–Trinajstić information content (AvgIpc) is 2.62. The molecule has 134 valence electrons. The van der Waals surface area contributed by atoms with Crippen LogP contribution in [0.25, 0.3) is 6.08 Å². The molecule has 0 radical (unpaired) electrons. The first-order valence-electron chi connectivity index (χ1n) is 8.34. The molecule has 1 aliphatic carbocycles. The van der Waals surface area contributed by atoms with Crippen molar-refractivity contribution >= 4 is 23.6 Å². The maximum absolute atomic E-state index is 12.5. The lowest BCUT2D eigenvalue weighted by molar-refractivity contribution is -0.118. The van der Waals surface area contributed by atoms with Crippen LogP contribution in [-0.2, 0) is 4.79 Å². The van der Waals surface area contributed by atoms with Crippen LogP contribution in [0.15, 0.2) is 17.7 Å². The summed E-state index contributed by atoms with van der Waals surface area (Å²) in [7, 11) is 3.03. The highest BCUT2D eigenvalue weighted by atomic mass is 35.5. The van der Waals surface area contributed by atoms with Crippen molar-refractivity contribution in [3.05, 3.63) is 28.3 Å². The third kappa shape index (κ3) is 4.67. The van der Waals surface area contributed by atoms with E-state index in [0.29, 0.717) is 28.0 Å². The van der Waals surface area contributed by atoms with E-state index in [0.717, 1.165) is 19.3 Å². The van der Waals surface area contributed by atoms with Crippen molar-refractivity contribution in [3.8, 4) is 17.6 Å². The van der Waals surface area contributed by atoms with E-state index in [1.807, 2.05) is 6.07 Å². The van der Waals surface area contributed by atoms with Gasteiger partial charge in [-0.25, -0.2) is 0 Å². The summed E-state index contributed by atoms with van der Waals surface area (Å²) < 4.78 is 10.4. The van der Waals surface area contributed by atoms with Crippen molar-refractivity contribution in [2.75, 3.05) is 14.2 Å². The van der Waals surface area contributed by atoms with Crippen molar-refractivity contribution < 1.29 is 14.3 Å². The van der Waals surface area contributed by atoms with Crippen LogP contribution in [0.4, 0.5) is 0 Å². The number of benzene rings is 1. The number of ether oxygens (including phenoxy) is 2. The third-order valence-electron chi connectivity index (χ3n) is 4.60. The summed E-state index contributed by atoms with van der Waals surface area (Å²) in [6.45, 7) is 2.13. The number of nitrogens with one attached hydrogen (secondary N) is 1. The highest BCUT2D eigenvalue weighted by molar-refractivity contribution is 6.32. The molecule has 0 spiro atoms. The number of halogens is 1. The van der Waals surface area contributed by atoms with Crippen molar-refractivity contribution in [3.63, 3.8) is 0 Å². The van der Waals surface area contributed by atoms with Crippen LogP contribution in [0, 0.1) is 17.2 Å². The second kappa shape index (κ2) is 8.77. The van der Waals surface area contributed by atoms with Crippen molar-refractivity contribution in [1.29, 1.82) is 5.26 Å². The Labute approximate surface area is 153 Å². The number of carbonyl (C=O) groups excluding carboxylic acids is 1. The number of rotatable bonds is 5. The van der Waals surface area contributed by atoms with Crippen LogP contribution in [-0.4, -0.2) is 26.2 Å². The summed E-state index contributed by atoms with van der Waals surface area (Å²) in [6.07, 6.45) is 5.81. The van der Waals surface area contributed by atoms with Crippen LogP contribution in [0.3, 0.4) is 0 Å². The van der Waals surface area contributed by atoms with Gasteiger partial charge in [-0.3, -0.25) is 4.79 Å². The Hall–Kier alpha value is -2.19. The molecule has 0 heterocycles. The number of amides is 1. The minimum atomic E-state index is -0.368. The van der Waals surface area contributed by atoms with Gasteiger partial charge in [0, 0.05) is 12.1 Å². The zero-order chi connectivity index (χ0) is 18.4. The Bertz CT molecular complexity index is 709. The predicted molar refractivity (Wildman–Crippen MR) is 97.7 cm³/mol. The summed E-state index contributed by atoms with van der Waals surface area (Å²) in [4.78, 5) is 12.5. The number of hydrogen-bond acceptors (Lipinski definition) is 4. The van der Waals surface area contributed by atoms with E-state index in [9.17, 15) is 10.1 Å². The highest BCUT2D eigenvalue weighted by Crippen LogP contribution is 2.34. The second-order valence-corrected chi connectivity index (χ2v) is 6.65. The molecule has 2 atom stereocenters. The molecule has 1 aromatic rings. The zero-order valence-electron chi connectivity index (χ0n) is 14.8. The molecule has 0 aromatic heterocycles. The molecule has 2 rings (SSSR count). The summed E-state index contributed by atoms with van der Waals surface area (Å²) in [5.74, 6) is 1.02. The fourth-order valence-electron chi connectivity index (χ4n) is 3.06. The van der Waals surface area contributed by atoms with Gasteiger partial charge in [0.15, 0.2) is 11.5 Å². The summed E-state index contributed by atoms with van der Waals surface area (Å²) in [5, 5.41) is 12.8. The molecule has 0 bridgehead atoms. The van der Waals surface area contributed by atoms with Crippen LogP contribution >= 0.6 is 11.6 Å². The number of carbonyl (C=O) groups is 1. The van der Waals surface area contributed by atoms with Crippen LogP contribution < -0.4 is 14.8 Å². The minimum absolute atomic E-state index is 0.0203. The minimum Gasteiger partial charge on any atom is -0.493 e. The molecule has 1 aromatic carbocycles. The van der Waals surface area contributed by atoms with Gasteiger partial charge in [-0.1, -0.05) is 31.4 Å².